The lowest BCUT2D eigenvalue weighted by atomic mass is 9.74. The standard InChI is InChI=1S/C26H27N3O3/c1-32-23-11-9-21(10-12-23)20-7-5-19(6-8-20)16-26(25(27)31)13-3-15-29(18-26)24(30)22-4-2-14-28-17-22/h2,4-12,14,17H,3,13,15-16,18H2,1H3,(H2,27,31)/t26-/m1/s1. The van der Waals surface area contributed by atoms with Gasteiger partial charge in [-0.3, -0.25) is 14.6 Å². The Morgan fingerprint density at radius 3 is 2.34 bits per heavy atom. The molecular weight excluding hydrogens is 402 g/mol. The first-order chi connectivity index (χ1) is 15.5. The molecule has 1 aromatic heterocycles. The summed E-state index contributed by atoms with van der Waals surface area (Å²) >= 11 is 0. The van der Waals surface area contributed by atoms with E-state index in [1.807, 2.05) is 48.5 Å². The summed E-state index contributed by atoms with van der Waals surface area (Å²) in [6.07, 6.45) is 5.09. The summed E-state index contributed by atoms with van der Waals surface area (Å²) in [5.41, 5.74) is 8.84. The van der Waals surface area contributed by atoms with Crippen LogP contribution in [0.25, 0.3) is 11.1 Å². The van der Waals surface area contributed by atoms with Crippen LogP contribution in [0, 0.1) is 5.41 Å². The van der Waals surface area contributed by atoms with Crippen molar-refractivity contribution in [1.29, 1.82) is 0 Å². The zero-order valence-electron chi connectivity index (χ0n) is 18.2. The second-order valence-corrected chi connectivity index (χ2v) is 8.32. The van der Waals surface area contributed by atoms with Crippen LogP contribution in [0.5, 0.6) is 5.75 Å². The molecule has 0 bridgehead atoms. The van der Waals surface area contributed by atoms with Gasteiger partial charge in [-0.1, -0.05) is 36.4 Å². The molecule has 1 fully saturated rings. The molecule has 6 heteroatoms. The molecule has 3 aromatic rings. The smallest absolute Gasteiger partial charge is 0.255 e. The molecule has 6 nitrogen and oxygen atoms in total. The summed E-state index contributed by atoms with van der Waals surface area (Å²) in [5, 5.41) is 0. The van der Waals surface area contributed by atoms with E-state index >= 15 is 0 Å². The summed E-state index contributed by atoms with van der Waals surface area (Å²) in [4.78, 5) is 31.3. The van der Waals surface area contributed by atoms with Crippen molar-refractivity contribution >= 4 is 11.8 Å². The third-order valence-electron chi connectivity index (χ3n) is 6.22. The van der Waals surface area contributed by atoms with E-state index in [0.717, 1.165) is 28.9 Å². The predicted molar refractivity (Wildman–Crippen MR) is 123 cm³/mol. The van der Waals surface area contributed by atoms with Gasteiger partial charge in [0, 0.05) is 25.5 Å². The van der Waals surface area contributed by atoms with Gasteiger partial charge in [-0.05, 0) is 60.2 Å². The molecule has 1 aliphatic rings. The number of likely N-dealkylation sites (tertiary alicyclic amines) is 1. The Hall–Kier alpha value is -3.67. The molecular formula is C26H27N3O3. The fourth-order valence-electron chi connectivity index (χ4n) is 4.40. The Bertz CT molecular complexity index is 1080. The number of amides is 2. The number of ether oxygens (including phenoxy) is 1. The molecule has 1 aliphatic heterocycles. The van der Waals surface area contributed by atoms with Crippen molar-refractivity contribution in [2.24, 2.45) is 11.1 Å². The third-order valence-corrected chi connectivity index (χ3v) is 6.22. The van der Waals surface area contributed by atoms with Crippen molar-refractivity contribution < 1.29 is 14.3 Å². The Labute approximate surface area is 188 Å². The van der Waals surface area contributed by atoms with Gasteiger partial charge in [0.1, 0.15) is 5.75 Å². The Morgan fingerprint density at radius 2 is 1.75 bits per heavy atom. The van der Waals surface area contributed by atoms with Gasteiger partial charge >= 0.3 is 0 Å². The van der Waals surface area contributed by atoms with Crippen LogP contribution >= 0.6 is 0 Å². The molecule has 0 radical (unpaired) electrons. The fraction of sp³-hybridized carbons (Fsp3) is 0.269. The number of rotatable bonds is 6. The first-order valence-electron chi connectivity index (χ1n) is 10.7. The van der Waals surface area contributed by atoms with Crippen molar-refractivity contribution in [1.82, 2.24) is 9.88 Å². The molecule has 2 N–H and O–H groups in total. The normalized spacial score (nSPS) is 18.2. The minimum absolute atomic E-state index is 0.113. The minimum Gasteiger partial charge on any atom is -0.497 e. The number of nitrogens with two attached hydrogens (primary N) is 1. The Balaban J connectivity index is 1.52. The summed E-state index contributed by atoms with van der Waals surface area (Å²) in [6, 6.07) is 19.5. The quantitative estimate of drug-likeness (QED) is 0.647. The second kappa shape index (κ2) is 9.22. The van der Waals surface area contributed by atoms with Crippen LogP contribution in [-0.4, -0.2) is 41.9 Å². The molecule has 4 rings (SSSR count). The van der Waals surface area contributed by atoms with Crippen LogP contribution in [0.15, 0.2) is 73.1 Å². The molecule has 32 heavy (non-hydrogen) atoms. The first-order valence-corrected chi connectivity index (χ1v) is 10.7. The number of hydrogen-bond donors (Lipinski definition) is 1. The van der Waals surface area contributed by atoms with Crippen molar-refractivity contribution in [3.63, 3.8) is 0 Å². The van der Waals surface area contributed by atoms with E-state index in [1.165, 1.54) is 0 Å². The number of primary amides is 1. The summed E-state index contributed by atoms with van der Waals surface area (Å²) in [7, 11) is 1.65. The van der Waals surface area contributed by atoms with Gasteiger partial charge in [0.2, 0.25) is 5.91 Å². The molecule has 2 amide bonds. The lowest BCUT2D eigenvalue weighted by Gasteiger charge is -2.41. The summed E-state index contributed by atoms with van der Waals surface area (Å²) < 4.78 is 5.22. The van der Waals surface area contributed by atoms with E-state index in [-0.39, 0.29) is 11.8 Å². The van der Waals surface area contributed by atoms with Crippen molar-refractivity contribution in [3.05, 3.63) is 84.2 Å². The number of methoxy groups -OCH3 is 1. The molecule has 1 saturated heterocycles. The highest BCUT2D eigenvalue weighted by Gasteiger charge is 2.42. The fourth-order valence-corrected chi connectivity index (χ4v) is 4.40. The van der Waals surface area contributed by atoms with Gasteiger partial charge in [-0.15, -0.1) is 0 Å². The average Bonchev–Trinajstić information content (AvgIpc) is 2.85. The number of benzene rings is 2. The second-order valence-electron chi connectivity index (χ2n) is 8.32. The van der Waals surface area contributed by atoms with Crippen molar-refractivity contribution in [2.75, 3.05) is 20.2 Å². The Kier molecular flexibility index (Phi) is 6.21. The molecule has 0 saturated carbocycles. The zero-order valence-corrected chi connectivity index (χ0v) is 18.2. The van der Waals surface area contributed by atoms with Crippen molar-refractivity contribution in [2.45, 2.75) is 19.3 Å². The maximum absolute atomic E-state index is 12.9. The topological polar surface area (TPSA) is 85.5 Å². The van der Waals surface area contributed by atoms with Gasteiger partial charge in [0.05, 0.1) is 18.1 Å². The summed E-state index contributed by atoms with van der Waals surface area (Å²) in [5.74, 6) is 0.343. The van der Waals surface area contributed by atoms with Gasteiger partial charge in [0.15, 0.2) is 0 Å². The van der Waals surface area contributed by atoms with Crippen LogP contribution in [-0.2, 0) is 11.2 Å². The lowest BCUT2D eigenvalue weighted by Crippen LogP contribution is -2.53. The molecule has 0 unspecified atom stereocenters. The molecule has 2 aromatic carbocycles. The van der Waals surface area contributed by atoms with E-state index in [1.54, 1.807) is 36.5 Å². The van der Waals surface area contributed by atoms with Crippen LogP contribution in [0.4, 0.5) is 0 Å². The largest absolute Gasteiger partial charge is 0.497 e. The van der Waals surface area contributed by atoms with Gasteiger partial charge in [0.25, 0.3) is 5.91 Å². The van der Waals surface area contributed by atoms with Gasteiger partial charge < -0.3 is 15.4 Å². The minimum atomic E-state index is -0.780. The average molecular weight is 430 g/mol. The molecule has 2 heterocycles. The van der Waals surface area contributed by atoms with E-state index < -0.39 is 5.41 Å². The zero-order chi connectivity index (χ0) is 22.6. The van der Waals surface area contributed by atoms with E-state index in [4.69, 9.17) is 10.5 Å². The van der Waals surface area contributed by atoms with E-state index in [0.29, 0.717) is 31.5 Å². The highest BCUT2D eigenvalue weighted by Crippen LogP contribution is 2.35. The summed E-state index contributed by atoms with van der Waals surface area (Å²) in [6.45, 7) is 0.926. The highest BCUT2D eigenvalue weighted by molar-refractivity contribution is 5.94. The Morgan fingerprint density at radius 1 is 1.06 bits per heavy atom. The van der Waals surface area contributed by atoms with Crippen molar-refractivity contribution in [3.8, 4) is 16.9 Å². The number of carbonyl (C=O) groups excluding carboxylic acids is 2. The molecule has 0 spiro atoms. The number of aromatic nitrogens is 1. The molecule has 0 aliphatic carbocycles. The van der Waals surface area contributed by atoms with Crippen LogP contribution < -0.4 is 10.5 Å². The first kappa shape index (κ1) is 21.6. The maximum atomic E-state index is 12.9. The van der Waals surface area contributed by atoms with Crippen LogP contribution in [0.1, 0.15) is 28.8 Å². The van der Waals surface area contributed by atoms with Crippen LogP contribution in [0.2, 0.25) is 0 Å². The molecule has 164 valence electrons. The van der Waals surface area contributed by atoms with E-state index in [2.05, 4.69) is 4.98 Å². The van der Waals surface area contributed by atoms with E-state index in [9.17, 15) is 9.59 Å². The van der Waals surface area contributed by atoms with Crippen LogP contribution in [0.3, 0.4) is 0 Å². The SMILES string of the molecule is COc1ccc(-c2ccc(C[C@]3(C(N)=O)CCCN(C(=O)c4cccnc4)C3)cc2)cc1. The number of hydrogen-bond acceptors (Lipinski definition) is 4. The highest BCUT2D eigenvalue weighted by atomic mass is 16.5. The van der Waals surface area contributed by atoms with Gasteiger partial charge in [-0.25, -0.2) is 0 Å². The predicted octanol–water partition coefficient (Wildman–Crippen LogP) is 3.71. The monoisotopic (exact) mass is 429 g/mol. The lowest BCUT2D eigenvalue weighted by molar-refractivity contribution is -0.130. The maximum Gasteiger partial charge on any atom is 0.255 e. The number of pyridine rings is 1. The molecule has 1 atom stereocenters. The van der Waals surface area contributed by atoms with Gasteiger partial charge in [-0.2, -0.15) is 0 Å². The number of carbonyl (C=O) groups is 2. The number of nitrogens with zero attached hydrogens (tertiary/aromatic N) is 2. The number of piperidine rings is 1. The third kappa shape index (κ3) is 4.49.